The Bertz CT molecular complexity index is 1250. The maximum absolute atomic E-state index is 13.0. The monoisotopic (exact) mass is 470 g/mol. The average molecular weight is 471 g/mol. The second-order valence-corrected chi connectivity index (χ2v) is 9.60. The van der Waals surface area contributed by atoms with Gasteiger partial charge < -0.3 is 4.52 Å². The maximum Gasteiger partial charge on any atom is 0.263 e. The zero-order valence-corrected chi connectivity index (χ0v) is 19.5. The van der Waals surface area contributed by atoms with Crippen LogP contribution in [0.25, 0.3) is 11.3 Å². The van der Waals surface area contributed by atoms with Crippen LogP contribution in [0.15, 0.2) is 51.3 Å². The number of thioether (sulfide) groups is 1. The fourth-order valence-electron chi connectivity index (χ4n) is 3.05. The second-order valence-electron chi connectivity index (χ2n) is 6.99. The first-order valence-corrected chi connectivity index (χ1v) is 11.7. The van der Waals surface area contributed by atoms with E-state index in [4.69, 9.17) is 16.1 Å². The van der Waals surface area contributed by atoms with Crippen molar-refractivity contribution in [3.8, 4) is 11.3 Å². The molecule has 4 aromatic rings. The summed E-state index contributed by atoms with van der Waals surface area (Å²) in [6, 6.07) is 13.6. The first-order chi connectivity index (χ1) is 14.9. The van der Waals surface area contributed by atoms with Crippen LogP contribution in [0.3, 0.4) is 0 Å². The number of nitrogens with one attached hydrogen (secondary N) is 1. The molecular formula is C22H19ClN4O2S2. The highest BCUT2D eigenvalue weighted by molar-refractivity contribution is 8.00. The minimum atomic E-state index is -0.365. The van der Waals surface area contributed by atoms with Gasteiger partial charge in [-0.25, -0.2) is 0 Å². The topological polar surface area (TPSA) is 80.9 Å². The number of halogens is 1. The minimum Gasteiger partial charge on any atom is -0.360 e. The summed E-state index contributed by atoms with van der Waals surface area (Å²) in [6.45, 7) is 5.86. The van der Waals surface area contributed by atoms with Crippen LogP contribution in [0.4, 0.5) is 5.13 Å². The van der Waals surface area contributed by atoms with Crippen LogP contribution in [-0.2, 0) is 5.75 Å². The number of hydrogen-bond acceptors (Lipinski definition) is 7. The summed E-state index contributed by atoms with van der Waals surface area (Å²) in [5.41, 5.74) is 5.09. The Labute approximate surface area is 193 Å². The molecule has 0 aliphatic heterocycles. The molecule has 0 unspecified atom stereocenters. The van der Waals surface area contributed by atoms with E-state index in [0.717, 1.165) is 10.1 Å². The summed E-state index contributed by atoms with van der Waals surface area (Å²) in [6.07, 6.45) is 0. The van der Waals surface area contributed by atoms with Gasteiger partial charge in [-0.05, 0) is 38.0 Å². The summed E-state index contributed by atoms with van der Waals surface area (Å²) in [5, 5.41) is 16.0. The SMILES string of the molecule is Cc1ccc(C)c(CSc2nnc(NC(=O)c3c(-c4ccccc4Cl)noc3C)s2)c1. The Balaban J connectivity index is 1.48. The smallest absolute Gasteiger partial charge is 0.263 e. The van der Waals surface area contributed by atoms with Crippen LogP contribution in [0, 0.1) is 20.8 Å². The number of hydrogen-bond donors (Lipinski definition) is 1. The van der Waals surface area contributed by atoms with Crippen molar-refractivity contribution in [1.29, 1.82) is 0 Å². The van der Waals surface area contributed by atoms with Gasteiger partial charge in [0.1, 0.15) is 17.0 Å². The van der Waals surface area contributed by atoms with Gasteiger partial charge in [-0.3, -0.25) is 10.1 Å². The lowest BCUT2D eigenvalue weighted by molar-refractivity contribution is 0.102. The Morgan fingerprint density at radius 3 is 2.77 bits per heavy atom. The molecule has 0 fully saturated rings. The third-order valence-corrected chi connectivity index (χ3v) is 7.05. The van der Waals surface area contributed by atoms with Crippen molar-refractivity contribution in [3.63, 3.8) is 0 Å². The lowest BCUT2D eigenvalue weighted by atomic mass is 10.1. The summed E-state index contributed by atoms with van der Waals surface area (Å²) >= 11 is 9.20. The Kier molecular flexibility index (Phi) is 6.41. The number of carbonyl (C=O) groups excluding carboxylic acids is 1. The Morgan fingerprint density at radius 1 is 1.16 bits per heavy atom. The molecule has 0 bridgehead atoms. The second kappa shape index (κ2) is 9.21. The molecule has 4 rings (SSSR count). The van der Waals surface area contributed by atoms with Crippen LogP contribution in [0.1, 0.15) is 32.8 Å². The molecule has 0 radical (unpaired) electrons. The van der Waals surface area contributed by atoms with E-state index in [1.807, 2.05) is 12.1 Å². The van der Waals surface area contributed by atoms with Gasteiger partial charge in [0, 0.05) is 11.3 Å². The third-order valence-electron chi connectivity index (χ3n) is 4.70. The van der Waals surface area contributed by atoms with E-state index in [9.17, 15) is 4.79 Å². The van der Waals surface area contributed by atoms with E-state index in [2.05, 4.69) is 52.7 Å². The fourth-order valence-corrected chi connectivity index (χ4v) is 5.09. The van der Waals surface area contributed by atoms with Gasteiger partial charge in [0.2, 0.25) is 5.13 Å². The van der Waals surface area contributed by atoms with Crippen molar-refractivity contribution in [1.82, 2.24) is 15.4 Å². The van der Waals surface area contributed by atoms with E-state index in [1.54, 1.807) is 30.8 Å². The first-order valence-electron chi connectivity index (χ1n) is 9.47. The number of aryl methyl sites for hydroxylation is 3. The van der Waals surface area contributed by atoms with Gasteiger partial charge in [-0.2, -0.15) is 0 Å². The summed E-state index contributed by atoms with van der Waals surface area (Å²) in [4.78, 5) is 13.0. The largest absolute Gasteiger partial charge is 0.360 e. The molecule has 2 aromatic carbocycles. The number of aromatic nitrogens is 3. The molecule has 158 valence electrons. The van der Waals surface area contributed by atoms with Crippen molar-refractivity contribution >= 4 is 45.7 Å². The first kappa shape index (κ1) is 21.5. The molecule has 0 aliphatic rings. The fraction of sp³-hybridized carbons (Fsp3) is 0.182. The average Bonchev–Trinajstić information content (AvgIpc) is 3.35. The predicted molar refractivity (Wildman–Crippen MR) is 125 cm³/mol. The van der Waals surface area contributed by atoms with Gasteiger partial charge >= 0.3 is 0 Å². The van der Waals surface area contributed by atoms with Crippen molar-refractivity contribution in [2.45, 2.75) is 30.9 Å². The lowest BCUT2D eigenvalue weighted by Crippen LogP contribution is -2.13. The molecule has 0 spiro atoms. The highest BCUT2D eigenvalue weighted by Gasteiger charge is 2.24. The molecule has 0 aliphatic carbocycles. The van der Waals surface area contributed by atoms with Gasteiger partial charge in [0.15, 0.2) is 4.34 Å². The van der Waals surface area contributed by atoms with Crippen molar-refractivity contribution in [2.24, 2.45) is 0 Å². The summed E-state index contributed by atoms with van der Waals surface area (Å²) in [7, 11) is 0. The van der Waals surface area contributed by atoms with Crippen molar-refractivity contribution in [2.75, 3.05) is 5.32 Å². The zero-order chi connectivity index (χ0) is 22.0. The molecule has 1 amide bonds. The molecule has 6 nitrogen and oxygen atoms in total. The molecule has 31 heavy (non-hydrogen) atoms. The predicted octanol–water partition coefficient (Wildman–Crippen LogP) is 6.32. The van der Waals surface area contributed by atoms with Gasteiger partial charge in [-0.1, -0.05) is 81.8 Å². The quantitative estimate of drug-likeness (QED) is 0.262. The number of amides is 1. The summed E-state index contributed by atoms with van der Waals surface area (Å²) < 4.78 is 6.05. The molecule has 9 heteroatoms. The number of carbonyl (C=O) groups is 1. The molecular weight excluding hydrogens is 452 g/mol. The van der Waals surface area contributed by atoms with E-state index in [-0.39, 0.29) is 5.91 Å². The van der Waals surface area contributed by atoms with Crippen LogP contribution < -0.4 is 5.32 Å². The number of anilines is 1. The number of rotatable bonds is 6. The molecule has 0 saturated heterocycles. The van der Waals surface area contributed by atoms with Crippen LogP contribution in [0.5, 0.6) is 0 Å². The van der Waals surface area contributed by atoms with E-state index >= 15 is 0 Å². The molecule has 0 atom stereocenters. The zero-order valence-electron chi connectivity index (χ0n) is 17.1. The molecule has 0 saturated carbocycles. The maximum atomic E-state index is 13.0. The Morgan fingerprint density at radius 2 is 1.97 bits per heavy atom. The van der Waals surface area contributed by atoms with E-state index < -0.39 is 0 Å². The van der Waals surface area contributed by atoms with Crippen molar-refractivity contribution in [3.05, 3.63) is 75.5 Å². The van der Waals surface area contributed by atoms with Crippen LogP contribution >= 0.6 is 34.7 Å². The lowest BCUT2D eigenvalue weighted by Gasteiger charge is -2.05. The third kappa shape index (κ3) is 4.81. The van der Waals surface area contributed by atoms with Crippen LogP contribution in [-0.4, -0.2) is 21.3 Å². The number of benzene rings is 2. The molecule has 2 aromatic heterocycles. The standard InChI is InChI=1S/C22H19ClN4O2S2/c1-12-8-9-13(2)15(10-12)11-30-22-26-25-21(31-22)24-20(28)18-14(3)29-27-19(18)16-6-4-5-7-17(16)23/h4-10H,11H2,1-3H3,(H,24,25,28). The van der Waals surface area contributed by atoms with E-state index in [0.29, 0.717) is 32.7 Å². The minimum absolute atomic E-state index is 0.327. The Hall–Kier alpha value is -2.68. The van der Waals surface area contributed by atoms with Gasteiger partial charge in [0.05, 0.1) is 5.02 Å². The summed E-state index contributed by atoms with van der Waals surface area (Å²) in [5.74, 6) is 0.828. The van der Waals surface area contributed by atoms with Crippen LogP contribution in [0.2, 0.25) is 5.02 Å². The normalized spacial score (nSPS) is 11.0. The van der Waals surface area contributed by atoms with Crippen molar-refractivity contribution < 1.29 is 9.32 Å². The number of nitrogens with zero attached hydrogens (tertiary/aromatic N) is 3. The highest BCUT2D eigenvalue weighted by Crippen LogP contribution is 2.33. The van der Waals surface area contributed by atoms with E-state index in [1.165, 1.54) is 28.0 Å². The molecule has 1 N–H and O–H groups in total. The molecule has 2 heterocycles. The van der Waals surface area contributed by atoms with Gasteiger partial charge in [-0.15, -0.1) is 10.2 Å². The highest BCUT2D eigenvalue weighted by atomic mass is 35.5. The van der Waals surface area contributed by atoms with Gasteiger partial charge in [0.25, 0.3) is 5.91 Å².